The van der Waals surface area contributed by atoms with Crippen LogP contribution in [0.15, 0.2) is 36.0 Å². The minimum atomic E-state index is -0.407. The molecule has 1 atom stereocenters. The highest BCUT2D eigenvalue weighted by molar-refractivity contribution is 7.99. The van der Waals surface area contributed by atoms with Gasteiger partial charge in [-0.3, -0.25) is 9.36 Å². The van der Waals surface area contributed by atoms with Gasteiger partial charge in [0.2, 0.25) is 5.91 Å². The third-order valence-electron chi connectivity index (χ3n) is 3.20. The van der Waals surface area contributed by atoms with Crippen LogP contribution in [0, 0.1) is 6.92 Å². The van der Waals surface area contributed by atoms with E-state index in [-0.39, 0.29) is 11.9 Å². The molecule has 0 unspecified atom stereocenters. The van der Waals surface area contributed by atoms with Crippen LogP contribution in [0.1, 0.15) is 24.4 Å². The molecule has 128 valence electrons. The summed E-state index contributed by atoms with van der Waals surface area (Å²) in [5, 5.41) is 9.59. The fourth-order valence-corrected chi connectivity index (χ4v) is 3.05. The smallest absolute Gasteiger partial charge is 0.227 e. The van der Waals surface area contributed by atoms with Gasteiger partial charge in [-0.15, -0.1) is 16.8 Å². The monoisotopic (exact) mass is 366 g/mol. The zero-order valence-corrected chi connectivity index (χ0v) is 15.1. The van der Waals surface area contributed by atoms with Crippen molar-refractivity contribution in [2.45, 2.75) is 31.7 Å². The van der Waals surface area contributed by atoms with Gasteiger partial charge in [0.1, 0.15) is 5.75 Å². The first-order valence-corrected chi connectivity index (χ1v) is 8.66. The molecule has 2 N–H and O–H groups in total. The van der Waals surface area contributed by atoms with E-state index in [1.54, 1.807) is 12.1 Å². The lowest BCUT2D eigenvalue weighted by Gasteiger charge is -2.17. The molecule has 0 saturated heterocycles. The van der Waals surface area contributed by atoms with Gasteiger partial charge in [0, 0.05) is 11.6 Å². The molecule has 0 bridgehead atoms. The van der Waals surface area contributed by atoms with Gasteiger partial charge >= 0.3 is 0 Å². The van der Waals surface area contributed by atoms with Crippen LogP contribution in [0.2, 0.25) is 5.02 Å². The third-order valence-corrected chi connectivity index (χ3v) is 4.43. The fraction of sp³-hybridized carbons (Fsp3) is 0.312. The van der Waals surface area contributed by atoms with Crippen molar-refractivity contribution in [2.75, 3.05) is 5.75 Å². The average molecular weight is 367 g/mol. The number of carbonyl (C=O) groups is 1. The first kappa shape index (κ1) is 18.4. The number of nitrogens with two attached hydrogens (primary N) is 1. The minimum Gasteiger partial charge on any atom is -0.482 e. The van der Waals surface area contributed by atoms with Crippen LogP contribution in [0.3, 0.4) is 0 Å². The third kappa shape index (κ3) is 4.52. The van der Waals surface area contributed by atoms with Crippen LogP contribution in [-0.2, 0) is 11.3 Å². The summed E-state index contributed by atoms with van der Waals surface area (Å²) in [4.78, 5) is 11.0. The maximum atomic E-state index is 11.0. The van der Waals surface area contributed by atoms with Crippen LogP contribution in [0.5, 0.6) is 5.75 Å². The highest BCUT2D eigenvalue weighted by Crippen LogP contribution is 2.28. The minimum absolute atomic E-state index is 0.140. The molecule has 0 spiro atoms. The van der Waals surface area contributed by atoms with E-state index in [1.807, 2.05) is 30.5 Å². The standard InChI is InChI=1S/C16H19ClN4O2S/c1-4-7-21-15(19-20-16(21)24-9-14(18)22)11(3)23-13-6-5-12(17)8-10(13)2/h4-6,8,11H,1,7,9H2,2-3H3,(H2,18,22)/t11-/m1/s1. The normalized spacial score (nSPS) is 12.0. The van der Waals surface area contributed by atoms with E-state index < -0.39 is 5.91 Å². The molecule has 24 heavy (non-hydrogen) atoms. The average Bonchev–Trinajstić information content (AvgIpc) is 2.91. The van der Waals surface area contributed by atoms with E-state index >= 15 is 0 Å². The number of primary amides is 1. The number of amides is 1. The second-order valence-electron chi connectivity index (χ2n) is 5.16. The quantitative estimate of drug-likeness (QED) is 0.573. The van der Waals surface area contributed by atoms with Crippen molar-refractivity contribution >= 4 is 29.3 Å². The van der Waals surface area contributed by atoms with E-state index in [1.165, 1.54) is 11.8 Å². The van der Waals surface area contributed by atoms with E-state index in [0.717, 1.165) is 11.3 Å². The van der Waals surface area contributed by atoms with Crippen LogP contribution in [-0.4, -0.2) is 26.4 Å². The van der Waals surface area contributed by atoms with Crippen LogP contribution in [0.4, 0.5) is 0 Å². The summed E-state index contributed by atoms with van der Waals surface area (Å²) in [5.41, 5.74) is 6.13. The molecule has 1 amide bonds. The molecule has 2 aromatic rings. The van der Waals surface area contributed by atoms with Crippen molar-refractivity contribution in [3.05, 3.63) is 47.3 Å². The Morgan fingerprint density at radius 1 is 1.54 bits per heavy atom. The SMILES string of the molecule is C=CCn1c(SCC(N)=O)nnc1[C@@H](C)Oc1ccc(Cl)cc1C. The maximum Gasteiger partial charge on any atom is 0.227 e. The number of thioether (sulfide) groups is 1. The molecular weight excluding hydrogens is 348 g/mol. The number of allylic oxidation sites excluding steroid dienone is 1. The molecule has 1 heterocycles. The molecule has 1 aromatic carbocycles. The number of carbonyl (C=O) groups excluding carboxylic acids is 1. The van der Waals surface area contributed by atoms with Crippen molar-refractivity contribution in [1.29, 1.82) is 0 Å². The molecule has 0 aliphatic rings. The van der Waals surface area contributed by atoms with E-state index in [9.17, 15) is 4.79 Å². The number of aryl methyl sites for hydroxylation is 1. The summed E-state index contributed by atoms with van der Waals surface area (Å²) in [7, 11) is 0. The molecule has 0 radical (unpaired) electrons. The maximum absolute atomic E-state index is 11.0. The first-order valence-electron chi connectivity index (χ1n) is 7.30. The van der Waals surface area contributed by atoms with Gasteiger partial charge in [0.05, 0.1) is 5.75 Å². The molecule has 0 saturated carbocycles. The van der Waals surface area contributed by atoms with Crippen molar-refractivity contribution < 1.29 is 9.53 Å². The molecule has 0 aliphatic heterocycles. The lowest BCUT2D eigenvalue weighted by Crippen LogP contribution is -2.15. The van der Waals surface area contributed by atoms with Crippen molar-refractivity contribution in [2.24, 2.45) is 5.73 Å². The summed E-state index contributed by atoms with van der Waals surface area (Å²) >= 11 is 7.21. The Labute approximate surface area is 150 Å². The van der Waals surface area contributed by atoms with Crippen LogP contribution >= 0.6 is 23.4 Å². The fourth-order valence-electron chi connectivity index (χ4n) is 2.13. The summed E-state index contributed by atoms with van der Waals surface area (Å²) in [5.74, 6) is 1.11. The van der Waals surface area contributed by atoms with Crippen LogP contribution < -0.4 is 10.5 Å². The number of rotatable bonds is 8. The Balaban J connectivity index is 2.22. The molecule has 0 aliphatic carbocycles. The summed E-state index contributed by atoms with van der Waals surface area (Å²) in [6.45, 7) is 8.07. The summed E-state index contributed by atoms with van der Waals surface area (Å²) in [6.07, 6.45) is 1.40. The molecule has 1 aromatic heterocycles. The Kier molecular flexibility index (Phi) is 6.28. The molecule has 6 nitrogen and oxygen atoms in total. The van der Waals surface area contributed by atoms with Gasteiger partial charge in [-0.05, 0) is 37.6 Å². The molecule has 8 heteroatoms. The lowest BCUT2D eigenvalue weighted by atomic mass is 10.2. The second-order valence-corrected chi connectivity index (χ2v) is 6.54. The predicted octanol–water partition coefficient (Wildman–Crippen LogP) is 3.14. The first-order chi connectivity index (χ1) is 11.4. The summed E-state index contributed by atoms with van der Waals surface area (Å²) < 4.78 is 7.85. The van der Waals surface area contributed by atoms with Crippen molar-refractivity contribution in [1.82, 2.24) is 14.8 Å². The Morgan fingerprint density at radius 3 is 2.92 bits per heavy atom. The van der Waals surface area contributed by atoms with Crippen LogP contribution in [0.25, 0.3) is 0 Å². The second kappa shape index (κ2) is 8.21. The number of halogens is 1. The molecular formula is C16H19ClN4O2S. The number of aromatic nitrogens is 3. The number of benzene rings is 1. The van der Waals surface area contributed by atoms with Gasteiger partial charge in [-0.25, -0.2) is 0 Å². The Morgan fingerprint density at radius 2 is 2.29 bits per heavy atom. The largest absolute Gasteiger partial charge is 0.482 e. The van der Waals surface area contributed by atoms with Gasteiger partial charge < -0.3 is 10.5 Å². The van der Waals surface area contributed by atoms with Gasteiger partial charge in [0.25, 0.3) is 0 Å². The zero-order valence-electron chi connectivity index (χ0n) is 13.5. The highest BCUT2D eigenvalue weighted by Gasteiger charge is 2.20. The van der Waals surface area contributed by atoms with Gasteiger partial charge in [-0.2, -0.15) is 0 Å². The number of ether oxygens (including phenoxy) is 1. The number of hydrogen-bond donors (Lipinski definition) is 1. The van der Waals surface area contributed by atoms with E-state index in [4.69, 9.17) is 22.1 Å². The molecule has 0 fully saturated rings. The van der Waals surface area contributed by atoms with E-state index in [2.05, 4.69) is 16.8 Å². The predicted molar refractivity (Wildman–Crippen MR) is 95.4 cm³/mol. The number of nitrogens with zero attached hydrogens (tertiary/aromatic N) is 3. The number of hydrogen-bond acceptors (Lipinski definition) is 5. The molecule has 2 rings (SSSR count). The van der Waals surface area contributed by atoms with Gasteiger partial charge in [-0.1, -0.05) is 29.4 Å². The zero-order chi connectivity index (χ0) is 17.7. The van der Waals surface area contributed by atoms with Crippen molar-refractivity contribution in [3.63, 3.8) is 0 Å². The van der Waals surface area contributed by atoms with Crippen molar-refractivity contribution in [3.8, 4) is 5.75 Å². The van der Waals surface area contributed by atoms with E-state index in [0.29, 0.717) is 22.5 Å². The van der Waals surface area contributed by atoms with Gasteiger partial charge in [0.15, 0.2) is 17.1 Å². The highest BCUT2D eigenvalue weighted by atomic mass is 35.5. The summed E-state index contributed by atoms with van der Waals surface area (Å²) in [6, 6.07) is 5.44. The lowest BCUT2D eigenvalue weighted by molar-refractivity contribution is -0.115. The topological polar surface area (TPSA) is 83.0 Å². The Bertz CT molecular complexity index is 748. The Hall–Kier alpha value is -1.99.